The third kappa shape index (κ3) is 2.07. The maximum atomic E-state index is 5.44. The molecular formula is C10H15N3O. The van der Waals surface area contributed by atoms with Gasteiger partial charge >= 0.3 is 0 Å². The molecule has 76 valence electrons. The van der Waals surface area contributed by atoms with Gasteiger partial charge in [0.1, 0.15) is 6.10 Å². The molecule has 1 aromatic heterocycles. The highest BCUT2D eigenvalue weighted by molar-refractivity contribution is 5.25. The molecule has 1 N–H and O–H groups in total. The van der Waals surface area contributed by atoms with Crippen LogP contribution in [-0.4, -0.2) is 22.2 Å². The third-order valence-electron chi connectivity index (χ3n) is 2.33. The van der Waals surface area contributed by atoms with Gasteiger partial charge in [-0.3, -0.25) is 0 Å². The summed E-state index contributed by atoms with van der Waals surface area (Å²) in [6.07, 6.45) is 10.00. The lowest BCUT2D eigenvalue weighted by molar-refractivity contribution is 0.135. The number of aromatic nitrogens is 2. The van der Waals surface area contributed by atoms with Crippen LogP contribution in [0, 0.1) is 0 Å². The van der Waals surface area contributed by atoms with E-state index in [4.69, 9.17) is 4.74 Å². The third-order valence-corrected chi connectivity index (χ3v) is 2.33. The Hall–Kier alpha value is -1.45. The summed E-state index contributed by atoms with van der Waals surface area (Å²) >= 11 is 0. The van der Waals surface area contributed by atoms with Gasteiger partial charge in [0, 0.05) is 19.4 Å². The molecule has 0 aliphatic carbocycles. The average Bonchev–Trinajstić information content (AvgIpc) is 2.63. The molecule has 0 radical (unpaired) electrons. The molecule has 1 atom stereocenters. The van der Waals surface area contributed by atoms with Crippen LogP contribution in [0.1, 0.15) is 12.8 Å². The largest absolute Gasteiger partial charge is 0.497 e. The van der Waals surface area contributed by atoms with Crippen molar-refractivity contribution in [3.05, 3.63) is 24.7 Å². The molecule has 1 unspecified atom stereocenters. The van der Waals surface area contributed by atoms with Crippen molar-refractivity contribution in [2.45, 2.75) is 18.9 Å². The zero-order chi connectivity index (χ0) is 9.80. The van der Waals surface area contributed by atoms with Gasteiger partial charge in [-0.05, 0) is 18.9 Å². The van der Waals surface area contributed by atoms with Gasteiger partial charge in [-0.1, -0.05) is 0 Å². The van der Waals surface area contributed by atoms with Crippen molar-refractivity contribution in [1.82, 2.24) is 9.55 Å². The van der Waals surface area contributed by atoms with E-state index in [1.54, 1.807) is 12.5 Å². The van der Waals surface area contributed by atoms with Crippen LogP contribution in [-0.2, 0) is 11.8 Å². The van der Waals surface area contributed by atoms with Crippen molar-refractivity contribution in [3.8, 4) is 0 Å². The molecule has 0 saturated heterocycles. The first-order chi connectivity index (χ1) is 6.86. The molecule has 14 heavy (non-hydrogen) atoms. The Bertz CT molecular complexity index is 319. The van der Waals surface area contributed by atoms with E-state index in [2.05, 4.69) is 16.4 Å². The molecule has 0 aromatic carbocycles. The predicted octanol–water partition coefficient (Wildman–Crippen LogP) is 1.52. The number of nitrogens with zero attached hydrogens (tertiary/aromatic N) is 2. The predicted molar refractivity (Wildman–Crippen MR) is 54.9 cm³/mol. The lowest BCUT2D eigenvalue weighted by atomic mass is 10.1. The summed E-state index contributed by atoms with van der Waals surface area (Å²) in [5.41, 5.74) is 0. The number of anilines is 1. The van der Waals surface area contributed by atoms with E-state index in [1.807, 2.05) is 17.8 Å². The Labute approximate surface area is 83.6 Å². The zero-order valence-corrected chi connectivity index (χ0v) is 8.31. The molecule has 4 nitrogen and oxygen atoms in total. The van der Waals surface area contributed by atoms with Gasteiger partial charge in [0.25, 0.3) is 0 Å². The molecule has 0 saturated carbocycles. The molecular weight excluding hydrogens is 178 g/mol. The molecule has 0 bridgehead atoms. The minimum Gasteiger partial charge on any atom is -0.497 e. The summed E-state index contributed by atoms with van der Waals surface area (Å²) in [5.74, 6) is 0.892. The second kappa shape index (κ2) is 4.17. The van der Waals surface area contributed by atoms with Crippen molar-refractivity contribution in [2.24, 2.45) is 7.05 Å². The highest BCUT2D eigenvalue weighted by Gasteiger charge is 2.10. The molecule has 0 amide bonds. The van der Waals surface area contributed by atoms with Crippen LogP contribution >= 0.6 is 0 Å². The standard InChI is InChI=1S/C10H15N3O/c1-13-6-5-11-10(13)12-8-9-4-2-3-7-14-9/h3,5-7,9H,2,4,8H2,1H3,(H,11,12). The van der Waals surface area contributed by atoms with Crippen LogP contribution in [0.5, 0.6) is 0 Å². The molecule has 1 aromatic rings. The van der Waals surface area contributed by atoms with Gasteiger partial charge in [0.05, 0.1) is 12.8 Å². The lowest BCUT2D eigenvalue weighted by Gasteiger charge is -2.19. The SMILES string of the molecule is Cn1ccnc1NCC1CCC=CO1. The second-order valence-corrected chi connectivity index (χ2v) is 3.45. The van der Waals surface area contributed by atoms with Crippen LogP contribution in [0.15, 0.2) is 24.7 Å². The minimum atomic E-state index is 0.275. The van der Waals surface area contributed by atoms with Gasteiger partial charge in [-0.15, -0.1) is 0 Å². The lowest BCUT2D eigenvalue weighted by Crippen LogP contribution is -2.24. The monoisotopic (exact) mass is 193 g/mol. The zero-order valence-electron chi connectivity index (χ0n) is 8.31. The Morgan fingerprint density at radius 1 is 1.71 bits per heavy atom. The average molecular weight is 193 g/mol. The second-order valence-electron chi connectivity index (χ2n) is 3.45. The molecule has 4 heteroatoms. The maximum Gasteiger partial charge on any atom is 0.202 e. The first-order valence-corrected chi connectivity index (χ1v) is 4.88. The fourth-order valence-corrected chi connectivity index (χ4v) is 1.48. The van der Waals surface area contributed by atoms with Crippen LogP contribution in [0.2, 0.25) is 0 Å². The van der Waals surface area contributed by atoms with E-state index >= 15 is 0 Å². The number of nitrogens with one attached hydrogen (secondary N) is 1. The molecule has 1 aliphatic rings. The van der Waals surface area contributed by atoms with Crippen molar-refractivity contribution in [3.63, 3.8) is 0 Å². The molecule has 0 spiro atoms. The van der Waals surface area contributed by atoms with Crippen LogP contribution in [0.4, 0.5) is 5.95 Å². The molecule has 0 fully saturated rings. The number of aryl methyl sites for hydroxylation is 1. The highest BCUT2D eigenvalue weighted by atomic mass is 16.5. The topological polar surface area (TPSA) is 39.1 Å². The van der Waals surface area contributed by atoms with Gasteiger partial charge < -0.3 is 14.6 Å². The molecule has 2 heterocycles. The Balaban J connectivity index is 1.82. The van der Waals surface area contributed by atoms with Gasteiger partial charge in [0.2, 0.25) is 5.95 Å². The van der Waals surface area contributed by atoms with Crippen molar-refractivity contribution in [1.29, 1.82) is 0 Å². The van der Waals surface area contributed by atoms with Crippen LogP contribution in [0.25, 0.3) is 0 Å². The molecule has 1 aliphatic heterocycles. The Morgan fingerprint density at radius 3 is 3.29 bits per heavy atom. The molecule has 2 rings (SSSR count). The number of rotatable bonds is 3. The van der Waals surface area contributed by atoms with E-state index in [1.165, 1.54) is 0 Å². The fourth-order valence-electron chi connectivity index (χ4n) is 1.48. The summed E-state index contributed by atoms with van der Waals surface area (Å²) in [5, 5.41) is 3.26. The first-order valence-electron chi connectivity index (χ1n) is 4.88. The summed E-state index contributed by atoms with van der Waals surface area (Å²) in [6.45, 7) is 0.815. The van der Waals surface area contributed by atoms with Crippen LogP contribution < -0.4 is 5.32 Å². The van der Waals surface area contributed by atoms with Gasteiger partial charge in [0.15, 0.2) is 0 Å². The van der Waals surface area contributed by atoms with Crippen LogP contribution in [0.3, 0.4) is 0 Å². The van der Waals surface area contributed by atoms with Crippen molar-refractivity contribution >= 4 is 5.95 Å². The van der Waals surface area contributed by atoms with Gasteiger partial charge in [-0.25, -0.2) is 4.98 Å². The van der Waals surface area contributed by atoms with E-state index in [0.29, 0.717) is 0 Å². The number of allylic oxidation sites excluding steroid dienone is 1. The van der Waals surface area contributed by atoms with E-state index in [0.717, 1.165) is 25.3 Å². The van der Waals surface area contributed by atoms with Crippen molar-refractivity contribution in [2.75, 3.05) is 11.9 Å². The fraction of sp³-hybridized carbons (Fsp3) is 0.500. The normalized spacial score (nSPS) is 20.5. The minimum absolute atomic E-state index is 0.275. The summed E-state index contributed by atoms with van der Waals surface area (Å²) in [6, 6.07) is 0. The summed E-state index contributed by atoms with van der Waals surface area (Å²) in [4.78, 5) is 4.18. The summed E-state index contributed by atoms with van der Waals surface area (Å²) < 4.78 is 7.39. The smallest absolute Gasteiger partial charge is 0.202 e. The number of hydrogen-bond donors (Lipinski definition) is 1. The van der Waals surface area contributed by atoms with E-state index < -0.39 is 0 Å². The number of hydrogen-bond acceptors (Lipinski definition) is 3. The highest BCUT2D eigenvalue weighted by Crippen LogP contribution is 2.11. The van der Waals surface area contributed by atoms with Gasteiger partial charge in [-0.2, -0.15) is 0 Å². The summed E-state index contributed by atoms with van der Waals surface area (Å²) in [7, 11) is 1.97. The number of ether oxygens (including phenoxy) is 1. The Kier molecular flexibility index (Phi) is 2.72. The van der Waals surface area contributed by atoms with Crippen molar-refractivity contribution < 1.29 is 4.74 Å². The van der Waals surface area contributed by atoms with E-state index in [9.17, 15) is 0 Å². The van der Waals surface area contributed by atoms with E-state index in [-0.39, 0.29) is 6.10 Å². The Morgan fingerprint density at radius 2 is 2.64 bits per heavy atom. The first kappa shape index (κ1) is 9.12. The quantitative estimate of drug-likeness (QED) is 0.791. The number of imidazole rings is 1. The maximum absolute atomic E-state index is 5.44.